The lowest BCUT2D eigenvalue weighted by Crippen LogP contribution is -2.27. The third kappa shape index (κ3) is 15.0. The predicted molar refractivity (Wildman–Crippen MR) is 77.1 cm³/mol. The van der Waals surface area contributed by atoms with Gasteiger partial charge in [-0.2, -0.15) is 0 Å². The highest BCUT2D eigenvalue weighted by molar-refractivity contribution is 5.84. The van der Waals surface area contributed by atoms with E-state index >= 15 is 0 Å². The number of nitrogens with one attached hydrogen (secondary N) is 1. The monoisotopic (exact) mass is 271 g/mol. The molecule has 0 fully saturated rings. The molecule has 0 atom stereocenters. The van der Waals surface area contributed by atoms with E-state index in [-0.39, 0.29) is 18.2 Å². The third-order valence-corrected chi connectivity index (χ3v) is 3.04. The Kier molecular flexibility index (Phi) is 12.9. The van der Waals surface area contributed by atoms with Crippen LogP contribution in [-0.2, 0) is 14.3 Å². The molecular weight excluding hydrogens is 242 g/mol. The Hall–Kier alpha value is -0.900. The molecule has 0 aliphatic carbocycles. The lowest BCUT2D eigenvalue weighted by atomic mass is 10.1. The van der Waals surface area contributed by atoms with Crippen LogP contribution >= 0.6 is 0 Å². The SMILES string of the molecule is COCCCCCCCCCCC(=O)NCC(C)=O. The van der Waals surface area contributed by atoms with Gasteiger partial charge in [0.25, 0.3) is 0 Å². The van der Waals surface area contributed by atoms with Crippen LogP contribution in [0.1, 0.15) is 64.7 Å². The summed E-state index contributed by atoms with van der Waals surface area (Å²) in [4.78, 5) is 22.0. The van der Waals surface area contributed by atoms with Crippen molar-refractivity contribution in [1.82, 2.24) is 5.32 Å². The summed E-state index contributed by atoms with van der Waals surface area (Å²) in [6.07, 6.45) is 9.99. The van der Waals surface area contributed by atoms with Gasteiger partial charge in [-0.15, -0.1) is 0 Å². The van der Waals surface area contributed by atoms with Gasteiger partial charge >= 0.3 is 0 Å². The second-order valence-corrected chi connectivity index (χ2v) is 5.05. The molecule has 0 aromatic heterocycles. The molecule has 0 saturated carbocycles. The molecule has 19 heavy (non-hydrogen) atoms. The summed E-state index contributed by atoms with van der Waals surface area (Å²) in [5.41, 5.74) is 0. The first kappa shape index (κ1) is 18.1. The molecule has 0 radical (unpaired) electrons. The Morgan fingerprint density at radius 3 is 1.95 bits per heavy atom. The van der Waals surface area contributed by atoms with Gasteiger partial charge < -0.3 is 10.1 Å². The van der Waals surface area contributed by atoms with Gasteiger partial charge in [-0.1, -0.05) is 38.5 Å². The molecule has 0 unspecified atom stereocenters. The highest BCUT2D eigenvalue weighted by Gasteiger charge is 2.01. The van der Waals surface area contributed by atoms with E-state index in [2.05, 4.69) is 5.32 Å². The van der Waals surface area contributed by atoms with E-state index < -0.39 is 0 Å². The summed E-state index contributed by atoms with van der Waals surface area (Å²) < 4.78 is 5.00. The fourth-order valence-corrected chi connectivity index (χ4v) is 1.90. The Morgan fingerprint density at radius 2 is 1.42 bits per heavy atom. The molecule has 1 N–H and O–H groups in total. The summed E-state index contributed by atoms with van der Waals surface area (Å²) in [5.74, 6) is -0.00316. The third-order valence-electron chi connectivity index (χ3n) is 3.04. The number of rotatable bonds is 13. The van der Waals surface area contributed by atoms with Crippen molar-refractivity contribution in [3.63, 3.8) is 0 Å². The van der Waals surface area contributed by atoms with Gasteiger partial charge in [0.15, 0.2) is 0 Å². The molecule has 0 aromatic carbocycles. The Bertz CT molecular complexity index is 242. The lowest BCUT2D eigenvalue weighted by Gasteiger charge is -2.03. The predicted octanol–water partition coefficient (Wildman–Crippen LogP) is 2.85. The Morgan fingerprint density at radius 1 is 0.895 bits per heavy atom. The van der Waals surface area contributed by atoms with Crippen LogP contribution in [0.4, 0.5) is 0 Å². The molecule has 0 bridgehead atoms. The summed E-state index contributed by atoms with van der Waals surface area (Å²) in [6, 6.07) is 0. The van der Waals surface area contributed by atoms with Crippen molar-refractivity contribution < 1.29 is 14.3 Å². The van der Waals surface area contributed by atoms with Gasteiger partial charge in [-0.25, -0.2) is 0 Å². The van der Waals surface area contributed by atoms with E-state index in [0.717, 1.165) is 25.9 Å². The summed E-state index contributed by atoms with van der Waals surface area (Å²) in [5, 5.41) is 2.61. The summed E-state index contributed by atoms with van der Waals surface area (Å²) in [7, 11) is 1.74. The second kappa shape index (κ2) is 13.5. The average Bonchev–Trinajstić information content (AvgIpc) is 2.38. The number of unbranched alkanes of at least 4 members (excludes halogenated alkanes) is 7. The molecule has 1 amide bonds. The van der Waals surface area contributed by atoms with Crippen molar-refractivity contribution >= 4 is 11.7 Å². The van der Waals surface area contributed by atoms with Crippen LogP contribution in [0.15, 0.2) is 0 Å². The van der Waals surface area contributed by atoms with Crippen molar-refractivity contribution in [1.29, 1.82) is 0 Å². The molecule has 0 heterocycles. The minimum absolute atomic E-state index is 0.00169. The van der Waals surface area contributed by atoms with Crippen molar-refractivity contribution in [2.75, 3.05) is 20.3 Å². The maximum absolute atomic E-state index is 11.3. The second-order valence-electron chi connectivity index (χ2n) is 5.05. The van der Waals surface area contributed by atoms with Crippen LogP contribution in [0, 0.1) is 0 Å². The fraction of sp³-hybridized carbons (Fsp3) is 0.867. The van der Waals surface area contributed by atoms with Gasteiger partial charge in [-0.3, -0.25) is 9.59 Å². The number of hydrogen-bond donors (Lipinski definition) is 1. The van der Waals surface area contributed by atoms with E-state index in [1.165, 1.54) is 39.0 Å². The molecule has 0 aliphatic rings. The zero-order chi connectivity index (χ0) is 14.3. The molecule has 0 aliphatic heterocycles. The van der Waals surface area contributed by atoms with Gasteiger partial charge in [0.05, 0.1) is 6.54 Å². The minimum Gasteiger partial charge on any atom is -0.385 e. The summed E-state index contributed by atoms with van der Waals surface area (Å²) in [6.45, 7) is 2.52. The van der Waals surface area contributed by atoms with Crippen molar-refractivity contribution in [2.24, 2.45) is 0 Å². The van der Waals surface area contributed by atoms with Crippen LogP contribution in [0.5, 0.6) is 0 Å². The summed E-state index contributed by atoms with van der Waals surface area (Å²) >= 11 is 0. The van der Waals surface area contributed by atoms with Crippen LogP contribution < -0.4 is 5.32 Å². The quantitative estimate of drug-likeness (QED) is 0.524. The largest absolute Gasteiger partial charge is 0.385 e. The van der Waals surface area contributed by atoms with Crippen LogP contribution in [0.25, 0.3) is 0 Å². The lowest BCUT2D eigenvalue weighted by molar-refractivity contribution is -0.124. The highest BCUT2D eigenvalue weighted by Crippen LogP contribution is 2.09. The van der Waals surface area contributed by atoms with Gasteiger partial charge in [0.2, 0.25) is 5.91 Å². The van der Waals surface area contributed by atoms with Gasteiger partial charge in [0.1, 0.15) is 5.78 Å². The maximum Gasteiger partial charge on any atom is 0.220 e. The van der Waals surface area contributed by atoms with Crippen LogP contribution in [0.3, 0.4) is 0 Å². The van der Waals surface area contributed by atoms with Crippen LogP contribution in [-0.4, -0.2) is 32.0 Å². The molecule has 0 aromatic rings. The maximum atomic E-state index is 11.3. The van der Waals surface area contributed by atoms with E-state index in [4.69, 9.17) is 4.74 Å². The highest BCUT2D eigenvalue weighted by atomic mass is 16.5. The van der Waals surface area contributed by atoms with E-state index in [9.17, 15) is 9.59 Å². The van der Waals surface area contributed by atoms with E-state index in [0.29, 0.717) is 6.42 Å². The molecule has 0 rings (SSSR count). The normalized spacial score (nSPS) is 10.4. The topological polar surface area (TPSA) is 55.4 Å². The minimum atomic E-state index is -0.00485. The first-order valence-electron chi connectivity index (χ1n) is 7.42. The molecule has 0 spiro atoms. The number of ketones is 1. The number of carbonyl (C=O) groups excluding carboxylic acids is 2. The zero-order valence-corrected chi connectivity index (χ0v) is 12.5. The van der Waals surface area contributed by atoms with Crippen molar-refractivity contribution in [2.45, 2.75) is 64.7 Å². The molecule has 0 saturated heterocycles. The number of ether oxygens (including phenoxy) is 1. The van der Waals surface area contributed by atoms with Gasteiger partial charge in [0, 0.05) is 20.1 Å². The van der Waals surface area contributed by atoms with Gasteiger partial charge in [-0.05, 0) is 19.8 Å². The van der Waals surface area contributed by atoms with Crippen molar-refractivity contribution in [3.05, 3.63) is 0 Å². The average molecular weight is 271 g/mol. The number of amides is 1. The van der Waals surface area contributed by atoms with Crippen LogP contribution in [0.2, 0.25) is 0 Å². The first-order valence-corrected chi connectivity index (χ1v) is 7.42. The smallest absolute Gasteiger partial charge is 0.220 e. The zero-order valence-electron chi connectivity index (χ0n) is 12.5. The fourth-order valence-electron chi connectivity index (χ4n) is 1.90. The first-order chi connectivity index (χ1) is 9.16. The molecule has 4 nitrogen and oxygen atoms in total. The molecule has 4 heteroatoms. The van der Waals surface area contributed by atoms with E-state index in [1.807, 2.05) is 0 Å². The number of hydrogen-bond acceptors (Lipinski definition) is 3. The standard InChI is InChI=1S/C15H29NO3/c1-14(17)13-16-15(18)11-9-7-5-3-4-6-8-10-12-19-2/h3-13H2,1-2H3,(H,16,18). The number of Topliss-reactive ketones (excluding diaryl/α,β-unsaturated/α-hetero) is 1. The Labute approximate surface area is 117 Å². The van der Waals surface area contributed by atoms with E-state index in [1.54, 1.807) is 7.11 Å². The number of carbonyl (C=O) groups is 2. The number of methoxy groups -OCH3 is 1. The molecular formula is C15H29NO3. The molecule has 112 valence electrons. The Balaban J connectivity index is 3.13. The van der Waals surface area contributed by atoms with Crippen molar-refractivity contribution in [3.8, 4) is 0 Å².